The van der Waals surface area contributed by atoms with E-state index in [9.17, 15) is 54.0 Å². The van der Waals surface area contributed by atoms with Crippen LogP contribution in [0.4, 0.5) is 0 Å². The number of carboxylic acid groups (broad SMARTS) is 2. The number of aliphatic hydroxyl groups excluding tert-OH is 2. The summed E-state index contributed by atoms with van der Waals surface area (Å²) in [6.07, 6.45) is 0.557. The van der Waals surface area contributed by atoms with Crippen LogP contribution in [0.5, 0.6) is 0 Å². The first-order chi connectivity index (χ1) is 22.9. The molecule has 6 atom stereocenters. The maximum atomic E-state index is 13.2. The molecule has 260 valence electrons. The van der Waals surface area contributed by atoms with Gasteiger partial charge in [-0.05, 0) is 31.0 Å². The lowest BCUT2D eigenvalue weighted by molar-refractivity contribution is -0.143. The summed E-state index contributed by atoms with van der Waals surface area (Å²) in [4.78, 5) is 91.8. The molecule has 0 radical (unpaired) electrons. The Hall–Kier alpha value is -5.07. The SMILES string of the molecule is O=C(O)C[C@H](NC(=O)CNC(=O)[C@@H]1C[C@H](O)CN1C(=O)[C@H](CO)NC(=O)[C@@H]1CCCN1)C(=O)N[C@@H](Cc1c[nH]c2ccccc12)C(=O)O. The van der Waals surface area contributed by atoms with Gasteiger partial charge in [0.05, 0.1) is 31.7 Å². The predicted octanol–water partition coefficient (Wildman–Crippen LogP) is -3.45. The molecule has 1 aromatic carbocycles. The Labute approximate surface area is 273 Å². The lowest BCUT2D eigenvalue weighted by atomic mass is 10.0. The molecule has 2 aliphatic rings. The zero-order chi connectivity index (χ0) is 35.0. The molecule has 2 saturated heterocycles. The highest BCUT2D eigenvalue weighted by Crippen LogP contribution is 2.21. The number of likely N-dealkylation sites (tertiary alicyclic amines) is 1. The molecule has 0 aliphatic carbocycles. The molecule has 18 heteroatoms. The fourth-order valence-corrected chi connectivity index (χ4v) is 5.78. The molecule has 48 heavy (non-hydrogen) atoms. The van der Waals surface area contributed by atoms with E-state index in [1.807, 2.05) is 0 Å². The number of carboxylic acids is 2. The number of aliphatic hydroxyl groups is 2. The first-order valence-corrected chi connectivity index (χ1v) is 15.4. The largest absolute Gasteiger partial charge is 0.481 e. The number of aromatic amines is 1. The van der Waals surface area contributed by atoms with Gasteiger partial charge in [-0.3, -0.25) is 28.8 Å². The highest BCUT2D eigenvalue weighted by molar-refractivity contribution is 5.96. The summed E-state index contributed by atoms with van der Waals surface area (Å²) in [5, 5.41) is 52.0. The number of aromatic nitrogens is 1. The van der Waals surface area contributed by atoms with Crippen LogP contribution in [-0.2, 0) is 40.0 Å². The summed E-state index contributed by atoms with van der Waals surface area (Å²) in [6.45, 7) is -1.18. The summed E-state index contributed by atoms with van der Waals surface area (Å²) in [7, 11) is 0. The second kappa shape index (κ2) is 16.2. The van der Waals surface area contributed by atoms with Gasteiger partial charge in [-0.1, -0.05) is 18.2 Å². The number of aliphatic carboxylic acids is 2. The minimum absolute atomic E-state index is 0.143. The predicted molar refractivity (Wildman–Crippen MR) is 165 cm³/mol. The quantitative estimate of drug-likeness (QED) is 0.0884. The van der Waals surface area contributed by atoms with Crippen molar-refractivity contribution in [1.29, 1.82) is 0 Å². The Morgan fingerprint density at radius 3 is 2.38 bits per heavy atom. The van der Waals surface area contributed by atoms with Crippen LogP contribution in [0.2, 0.25) is 0 Å². The number of benzene rings is 1. The van der Waals surface area contributed by atoms with Crippen LogP contribution in [0.15, 0.2) is 30.5 Å². The van der Waals surface area contributed by atoms with E-state index in [-0.39, 0.29) is 19.4 Å². The molecule has 2 aliphatic heterocycles. The zero-order valence-corrected chi connectivity index (χ0v) is 25.8. The van der Waals surface area contributed by atoms with Crippen LogP contribution in [0.3, 0.4) is 0 Å². The van der Waals surface area contributed by atoms with Crippen LogP contribution in [0, 0.1) is 0 Å². The van der Waals surface area contributed by atoms with Gasteiger partial charge >= 0.3 is 11.9 Å². The number of nitrogens with one attached hydrogen (secondary N) is 6. The lowest BCUT2D eigenvalue weighted by Crippen LogP contribution is -2.57. The normalized spacial score (nSPS) is 20.8. The highest BCUT2D eigenvalue weighted by Gasteiger charge is 2.42. The maximum absolute atomic E-state index is 13.2. The van der Waals surface area contributed by atoms with Crippen LogP contribution in [0.25, 0.3) is 10.9 Å². The number of nitrogens with zero attached hydrogens (tertiary/aromatic N) is 1. The molecule has 0 bridgehead atoms. The zero-order valence-electron chi connectivity index (χ0n) is 25.8. The number of hydrogen-bond acceptors (Lipinski definition) is 10. The Balaban J connectivity index is 1.34. The van der Waals surface area contributed by atoms with E-state index in [1.165, 1.54) is 0 Å². The van der Waals surface area contributed by atoms with Crippen LogP contribution in [0.1, 0.15) is 31.2 Å². The van der Waals surface area contributed by atoms with Gasteiger partial charge in [0.2, 0.25) is 29.5 Å². The van der Waals surface area contributed by atoms with Crippen molar-refractivity contribution in [3.63, 3.8) is 0 Å². The van der Waals surface area contributed by atoms with E-state index < -0.39 is 97.4 Å². The van der Waals surface area contributed by atoms with Crippen molar-refractivity contribution in [3.05, 3.63) is 36.0 Å². The third kappa shape index (κ3) is 9.05. The molecule has 0 spiro atoms. The van der Waals surface area contributed by atoms with Crippen molar-refractivity contribution in [2.24, 2.45) is 0 Å². The van der Waals surface area contributed by atoms with Crippen LogP contribution < -0.4 is 26.6 Å². The Morgan fingerprint density at radius 2 is 1.71 bits per heavy atom. The summed E-state index contributed by atoms with van der Waals surface area (Å²) in [5.41, 5.74) is 1.33. The number of H-pyrrole nitrogens is 1. The second-order valence-corrected chi connectivity index (χ2v) is 11.7. The molecule has 0 saturated carbocycles. The summed E-state index contributed by atoms with van der Waals surface area (Å²) in [6, 6.07) is 0.747. The fraction of sp³-hybridized carbons (Fsp3) is 0.500. The molecule has 3 heterocycles. The summed E-state index contributed by atoms with van der Waals surface area (Å²) >= 11 is 0. The maximum Gasteiger partial charge on any atom is 0.326 e. The van der Waals surface area contributed by atoms with E-state index in [0.29, 0.717) is 18.5 Å². The smallest absolute Gasteiger partial charge is 0.326 e. The molecule has 0 unspecified atom stereocenters. The van der Waals surface area contributed by atoms with Gasteiger partial charge in [-0.25, -0.2) is 4.79 Å². The van der Waals surface area contributed by atoms with Gasteiger partial charge in [-0.15, -0.1) is 0 Å². The van der Waals surface area contributed by atoms with Gasteiger partial charge in [0.25, 0.3) is 0 Å². The molecule has 2 aromatic rings. The number of carbonyl (C=O) groups is 7. The number of hydrogen-bond donors (Lipinski definition) is 10. The van der Waals surface area contributed by atoms with E-state index in [1.54, 1.807) is 30.5 Å². The first kappa shape index (κ1) is 35.8. The number of amides is 5. The van der Waals surface area contributed by atoms with Crippen molar-refractivity contribution in [2.75, 3.05) is 26.2 Å². The topological polar surface area (TPSA) is 280 Å². The van der Waals surface area contributed by atoms with Crippen molar-refractivity contribution >= 4 is 52.4 Å². The van der Waals surface area contributed by atoms with E-state index in [4.69, 9.17) is 0 Å². The third-order valence-electron chi connectivity index (χ3n) is 8.21. The molecule has 4 rings (SSSR count). The van der Waals surface area contributed by atoms with E-state index in [2.05, 4.69) is 31.6 Å². The fourth-order valence-electron chi connectivity index (χ4n) is 5.78. The van der Waals surface area contributed by atoms with Gasteiger partial charge in [0.1, 0.15) is 24.2 Å². The molecule has 2 fully saturated rings. The molecule has 5 amide bonds. The van der Waals surface area contributed by atoms with E-state index in [0.717, 1.165) is 22.2 Å². The molecule has 10 N–H and O–H groups in total. The van der Waals surface area contributed by atoms with Crippen molar-refractivity contribution in [1.82, 2.24) is 36.5 Å². The Morgan fingerprint density at radius 1 is 0.958 bits per heavy atom. The van der Waals surface area contributed by atoms with Crippen molar-refractivity contribution in [3.8, 4) is 0 Å². The standard InChI is InChI=1S/C30H39N7O11/c38-14-22(36-26(43)19-6-3-7-31-19)29(46)37-13-16(39)9-23(37)28(45)33-12-24(40)34-20(10-25(41)42)27(44)35-21(30(47)48)8-15-11-32-18-5-2-1-4-17(15)18/h1-2,4-5,11,16,19-23,31-32,38-39H,3,6-10,12-14H2,(H,33,45)(H,34,40)(H,35,44)(H,36,43)(H,41,42)(H,47,48)/t16-,19-,20-,21-,22-,23-/m0/s1. The minimum atomic E-state index is -1.70. The number of rotatable bonds is 15. The highest BCUT2D eigenvalue weighted by atomic mass is 16.4. The molecular formula is C30H39N7O11. The van der Waals surface area contributed by atoms with Crippen molar-refractivity contribution < 1.29 is 54.0 Å². The summed E-state index contributed by atoms with van der Waals surface area (Å²) < 4.78 is 0. The summed E-state index contributed by atoms with van der Waals surface area (Å²) in [5.74, 6) is -7.10. The Kier molecular flexibility index (Phi) is 12.0. The number of carbonyl (C=O) groups excluding carboxylic acids is 5. The first-order valence-electron chi connectivity index (χ1n) is 15.4. The number of para-hydroxylation sites is 1. The molecule has 1 aromatic heterocycles. The van der Waals surface area contributed by atoms with Crippen molar-refractivity contribution in [2.45, 2.75) is 68.4 Å². The van der Waals surface area contributed by atoms with Gasteiger partial charge in [0.15, 0.2) is 0 Å². The number of β-amino-alcohol motifs (C(OH)–C–C–N with tert-alkyl or cyclic N) is 1. The number of fused-ring (bicyclic) bond motifs is 1. The van der Waals surface area contributed by atoms with Gasteiger partial charge < -0.3 is 56.9 Å². The van der Waals surface area contributed by atoms with Gasteiger partial charge in [-0.2, -0.15) is 0 Å². The van der Waals surface area contributed by atoms with Gasteiger partial charge in [0, 0.05) is 36.5 Å². The third-order valence-corrected chi connectivity index (χ3v) is 8.21. The van der Waals surface area contributed by atoms with Crippen LogP contribution in [-0.4, -0.2) is 134 Å². The minimum Gasteiger partial charge on any atom is -0.481 e. The Bertz CT molecular complexity index is 1540. The lowest BCUT2D eigenvalue weighted by Gasteiger charge is -2.28. The second-order valence-electron chi connectivity index (χ2n) is 11.7. The average Bonchev–Trinajstić information content (AvgIpc) is 3.82. The monoisotopic (exact) mass is 673 g/mol. The molecule has 18 nitrogen and oxygen atoms in total. The van der Waals surface area contributed by atoms with E-state index >= 15 is 0 Å². The molecular weight excluding hydrogens is 634 g/mol. The average molecular weight is 674 g/mol. The van der Waals surface area contributed by atoms with Crippen LogP contribution >= 0.6 is 0 Å².